The van der Waals surface area contributed by atoms with Crippen LogP contribution in [0.5, 0.6) is 5.75 Å². The van der Waals surface area contributed by atoms with Gasteiger partial charge >= 0.3 is 11.9 Å². The van der Waals surface area contributed by atoms with Crippen LogP contribution in [0.4, 0.5) is 0 Å². The van der Waals surface area contributed by atoms with Crippen molar-refractivity contribution >= 4 is 11.9 Å². The summed E-state index contributed by atoms with van der Waals surface area (Å²) in [6, 6.07) is 7.37. The molecule has 1 saturated carbocycles. The van der Waals surface area contributed by atoms with Gasteiger partial charge < -0.3 is 34.5 Å². The van der Waals surface area contributed by atoms with Crippen molar-refractivity contribution in [2.45, 2.75) is 82.8 Å². The fourth-order valence-corrected chi connectivity index (χ4v) is 5.24. The van der Waals surface area contributed by atoms with Crippen molar-refractivity contribution in [1.29, 1.82) is 0 Å². The Morgan fingerprint density at radius 2 is 1.64 bits per heavy atom. The Morgan fingerprint density at radius 1 is 0.949 bits per heavy atom. The largest absolute Gasteiger partial charge is 0.492 e. The van der Waals surface area contributed by atoms with Gasteiger partial charge in [0.1, 0.15) is 12.4 Å². The number of carbonyl (C=O) groups excluding carboxylic acids is 2. The third-order valence-corrected chi connectivity index (χ3v) is 7.50. The van der Waals surface area contributed by atoms with Gasteiger partial charge in [0, 0.05) is 25.2 Å². The van der Waals surface area contributed by atoms with E-state index >= 15 is 0 Å². The minimum Gasteiger partial charge on any atom is -0.492 e. The molecule has 3 N–H and O–H groups in total. The molecule has 2 aliphatic heterocycles. The zero-order valence-electron chi connectivity index (χ0n) is 23.5. The van der Waals surface area contributed by atoms with Crippen LogP contribution in [-0.2, 0) is 19.0 Å². The molecule has 2 saturated heterocycles. The Balaban J connectivity index is 0.000000216. The zero-order chi connectivity index (χ0) is 28.2. The summed E-state index contributed by atoms with van der Waals surface area (Å²) < 4.78 is 21.5. The molecule has 1 aliphatic carbocycles. The first-order chi connectivity index (χ1) is 18.8. The second-order valence-electron chi connectivity index (χ2n) is 10.6. The van der Waals surface area contributed by atoms with E-state index in [9.17, 15) is 19.8 Å². The molecule has 10 heteroatoms. The number of hydrogen-bond donors (Lipinski definition) is 3. The maximum Gasteiger partial charge on any atom is 0.338 e. The van der Waals surface area contributed by atoms with E-state index < -0.39 is 0 Å². The van der Waals surface area contributed by atoms with Crippen LogP contribution < -0.4 is 10.1 Å². The van der Waals surface area contributed by atoms with Gasteiger partial charge in [-0.1, -0.05) is 0 Å². The van der Waals surface area contributed by atoms with Gasteiger partial charge in [-0.05, 0) is 83.7 Å². The van der Waals surface area contributed by atoms with Crippen molar-refractivity contribution in [3.8, 4) is 5.75 Å². The highest BCUT2D eigenvalue weighted by Crippen LogP contribution is 2.28. The van der Waals surface area contributed by atoms with Gasteiger partial charge in [-0.15, -0.1) is 0 Å². The minimum absolute atomic E-state index is 0.0513. The summed E-state index contributed by atoms with van der Waals surface area (Å²) in [5, 5.41) is 22.2. The van der Waals surface area contributed by atoms with Crippen molar-refractivity contribution in [1.82, 2.24) is 10.2 Å². The van der Waals surface area contributed by atoms with Crippen LogP contribution in [0.3, 0.4) is 0 Å². The smallest absolute Gasteiger partial charge is 0.338 e. The number of benzene rings is 1. The second-order valence-corrected chi connectivity index (χ2v) is 10.6. The number of likely N-dealkylation sites (N-methyl/N-ethyl adjacent to an activating group) is 1. The van der Waals surface area contributed by atoms with Crippen LogP contribution in [-0.4, -0.2) is 104 Å². The summed E-state index contributed by atoms with van der Waals surface area (Å²) in [7, 11) is 2.03. The molecule has 0 amide bonds. The van der Waals surface area contributed by atoms with Crippen molar-refractivity contribution < 1.29 is 38.7 Å². The minimum atomic E-state index is -0.324. The molecule has 4 rings (SSSR count). The highest BCUT2D eigenvalue weighted by molar-refractivity contribution is 5.89. The lowest BCUT2D eigenvalue weighted by molar-refractivity contribution is -0.150. The zero-order valence-corrected chi connectivity index (χ0v) is 23.5. The quantitative estimate of drug-likeness (QED) is 0.373. The SMILES string of the molecule is CCOC(=O)C1CCC(OC[C@@H]2C[C@@H](O)CN2C)CC1.CCOC(=O)c1ccc(OC[C@@H]2C[C@@H](O)CN2)cc1. The fraction of sp³-hybridized carbons (Fsp3) is 0.724. The van der Waals surface area contributed by atoms with Crippen LogP contribution in [0.15, 0.2) is 24.3 Å². The number of likely N-dealkylation sites (tertiary alicyclic amines) is 1. The number of rotatable bonds is 10. The normalized spacial score (nSPS) is 28.8. The molecule has 1 aromatic carbocycles. The first-order valence-electron chi connectivity index (χ1n) is 14.3. The molecular formula is C29H46N2O8. The van der Waals surface area contributed by atoms with Crippen molar-refractivity contribution in [2.75, 3.05) is 46.6 Å². The van der Waals surface area contributed by atoms with Crippen LogP contribution in [0.25, 0.3) is 0 Å². The first-order valence-corrected chi connectivity index (χ1v) is 14.3. The topological polar surface area (TPSA) is 127 Å². The molecule has 220 valence electrons. The lowest BCUT2D eigenvalue weighted by atomic mass is 9.87. The Bertz CT molecular complexity index is 875. The number of esters is 2. The molecule has 3 aliphatic rings. The highest BCUT2D eigenvalue weighted by atomic mass is 16.5. The predicted molar refractivity (Wildman–Crippen MR) is 146 cm³/mol. The summed E-state index contributed by atoms with van der Waals surface area (Å²) in [4.78, 5) is 25.3. The van der Waals surface area contributed by atoms with Crippen LogP contribution in [0, 0.1) is 5.92 Å². The van der Waals surface area contributed by atoms with Gasteiger partial charge in [-0.25, -0.2) is 4.79 Å². The lowest BCUT2D eigenvalue weighted by Gasteiger charge is -2.29. The molecule has 3 fully saturated rings. The van der Waals surface area contributed by atoms with Gasteiger partial charge in [-0.3, -0.25) is 9.69 Å². The van der Waals surface area contributed by atoms with Crippen molar-refractivity contribution in [3.05, 3.63) is 29.8 Å². The molecule has 0 bridgehead atoms. The highest BCUT2D eigenvalue weighted by Gasteiger charge is 2.31. The maximum atomic E-state index is 11.7. The molecule has 0 radical (unpaired) electrons. The number of β-amino-alcohol motifs (C(OH)–C–C–N with tert-alkyl or cyclic N) is 2. The first kappa shape index (κ1) is 31.3. The summed E-state index contributed by atoms with van der Waals surface area (Å²) in [5.41, 5.74) is 0.517. The molecule has 0 unspecified atom stereocenters. The van der Waals surface area contributed by atoms with E-state index in [1.54, 1.807) is 31.2 Å². The van der Waals surface area contributed by atoms with E-state index in [1.165, 1.54) is 0 Å². The number of nitrogens with zero attached hydrogens (tertiary/aromatic N) is 1. The summed E-state index contributed by atoms with van der Waals surface area (Å²) in [6.07, 6.45) is 4.87. The Labute approximate surface area is 231 Å². The summed E-state index contributed by atoms with van der Waals surface area (Å²) >= 11 is 0. The summed E-state index contributed by atoms with van der Waals surface area (Å²) in [6.45, 7) is 7.01. The average Bonchev–Trinajstić information content (AvgIpc) is 3.50. The molecule has 0 spiro atoms. The average molecular weight is 551 g/mol. The van der Waals surface area contributed by atoms with Gasteiger partial charge in [0.15, 0.2) is 0 Å². The number of hydrogen-bond acceptors (Lipinski definition) is 10. The Kier molecular flexibility index (Phi) is 12.9. The fourth-order valence-electron chi connectivity index (χ4n) is 5.24. The van der Waals surface area contributed by atoms with Crippen LogP contribution >= 0.6 is 0 Å². The molecule has 1 aromatic rings. The second kappa shape index (κ2) is 16.1. The summed E-state index contributed by atoms with van der Waals surface area (Å²) in [5.74, 6) is 0.390. The van der Waals surface area contributed by atoms with Gasteiger partial charge in [0.2, 0.25) is 0 Å². The van der Waals surface area contributed by atoms with E-state index in [1.807, 2.05) is 14.0 Å². The third-order valence-electron chi connectivity index (χ3n) is 7.50. The third kappa shape index (κ3) is 10.3. The van der Waals surface area contributed by atoms with Crippen molar-refractivity contribution in [2.24, 2.45) is 5.92 Å². The number of aliphatic hydroxyl groups is 2. The van der Waals surface area contributed by atoms with Crippen molar-refractivity contribution in [3.63, 3.8) is 0 Å². The number of aliphatic hydroxyl groups excluding tert-OH is 2. The Morgan fingerprint density at radius 3 is 2.21 bits per heavy atom. The van der Waals surface area contributed by atoms with Gasteiger partial charge in [-0.2, -0.15) is 0 Å². The maximum absolute atomic E-state index is 11.7. The standard InChI is InChI=1S/C15H27NO4.C14H19NO4/c1-3-19-15(18)11-4-6-14(7-5-11)20-10-12-8-13(17)9-16(12)2;1-2-18-14(17)10-3-5-13(6-4-10)19-9-11-7-12(16)8-15-11/h11-14,17H,3-10H2,1-2H3;3-6,11-12,15-16H,2,7-9H2,1H3/t11?,12-,13+,14?;11-,12+/m00/s1. The van der Waals surface area contributed by atoms with Crippen LogP contribution in [0.2, 0.25) is 0 Å². The number of carbonyl (C=O) groups is 2. The van der Waals surface area contributed by atoms with E-state index in [-0.39, 0.29) is 42.2 Å². The number of nitrogens with one attached hydrogen (secondary N) is 1. The van der Waals surface area contributed by atoms with E-state index in [0.29, 0.717) is 56.7 Å². The van der Waals surface area contributed by atoms with Gasteiger partial charge in [0.25, 0.3) is 0 Å². The van der Waals surface area contributed by atoms with Crippen LogP contribution in [0.1, 0.15) is 62.7 Å². The molecule has 4 atom stereocenters. The molecule has 0 aromatic heterocycles. The van der Waals surface area contributed by atoms with E-state index in [2.05, 4.69) is 10.2 Å². The molecule has 39 heavy (non-hydrogen) atoms. The van der Waals surface area contributed by atoms with E-state index in [0.717, 1.165) is 38.6 Å². The van der Waals surface area contributed by atoms with E-state index in [4.69, 9.17) is 18.9 Å². The predicted octanol–water partition coefficient (Wildman–Crippen LogP) is 2.15. The Hall–Kier alpha value is -2.24. The van der Waals surface area contributed by atoms with Gasteiger partial charge in [0.05, 0.1) is 49.6 Å². The molecular weight excluding hydrogens is 504 g/mol. The monoisotopic (exact) mass is 550 g/mol. The number of ether oxygens (including phenoxy) is 4. The molecule has 10 nitrogen and oxygen atoms in total. The lowest BCUT2D eigenvalue weighted by Crippen LogP contribution is -2.33. The molecule has 2 heterocycles.